The van der Waals surface area contributed by atoms with Gasteiger partial charge in [-0.1, -0.05) is 39.7 Å². The monoisotopic (exact) mass is 422 g/mol. The number of hydrazine groups is 1. The van der Waals surface area contributed by atoms with E-state index < -0.39 is 11.3 Å². The molecular weight excluding hydrogens is 408 g/mol. The third-order valence-electron chi connectivity index (χ3n) is 4.28. The van der Waals surface area contributed by atoms with Gasteiger partial charge in [-0.25, -0.2) is 0 Å². The van der Waals surface area contributed by atoms with Gasteiger partial charge >= 0.3 is 0 Å². The maximum atomic E-state index is 12.6. The first kappa shape index (κ1) is 17.8. The molecule has 0 saturated heterocycles. The summed E-state index contributed by atoms with van der Waals surface area (Å²) in [6.45, 7) is 0. The van der Waals surface area contributed by atoms with Crippen LogP contribution >= 0.6 is 27.5 Å². The lowest BCUT2D eigenvalue weighted by Crippen LogP contribution is -2.46. The minimum atomic E-state index is -0.571. The van der Waals surface area contributed by atoms with Crippen LogP contribution in [0.3, 0.4) is 0 Å². The molecule has 0 aromatic heterocycles. The molecule has 3 rings (SSSR count). The van der Waals surface area contributed by atoms with Crippen LogP contribution in [0.4, 0.5) is 0 Å². The van der Waals surface area contributed by atoms with Crippen LogP contribution in [0.15, 0.2) is 46.9 Å². The molecule has 1 aliphatic carbocycles. The lowest BCUT2D eigenvalue weighted by molar-refractivity contribution is -0.124. The summed E-state index contributed by atoms with van der Waals surface area (Å²) in [7, 11) is 1.45. The number of ether oxygens (including phenoxy) is 1. The number of benzene rings is 2. The molecule has 7 heteroatoms. The Hall–Kier alpha value is -2.05. The Balaban J connectivity index is 1.68. The van der Waals surface area contributed by atoms with Crippen molar-refractivity contribution in [1.82, 2.24) is 10.9 Å². The second-order valence-electron chi connectivity index (χ2n) is 5.84. The second kappa shape index (κ2) is 7.06. The fourth-order valence-electron chi connectivity index (χ4n) is 2.69. The Kier molecular flexibility index (Phi) is 5.01. The van der Waals surface area contributed by atoms with Gasteiger partial charge in [0.15, 0.2) is 0 Å². The molecule has 5 nitrogen and oxygen atoms in total. The molecule has 0 atom stereocenters. The van der Waals surface area contributed by atoms with Crippen LogP contribution in [-0.2, 0) is 10.2 Å². The highest BCUT2D eigenvalue weighted by molar-refractivity contribution is 9.10. The summed E-state index contributed by atoms with van der Waals surface area (Å²) in [5.41, 5.74) is 5.63. The molecule has 2 aromatic rings. The van der Waals surface area contributed by atoms with Crippen molar-refractivity contribution in [2.24, 2.45) is 0 Å². The fourth-order valence-corrected chi connectivity index (χ4v) is 3.12. The first-order chi connectivity index (χ1) is 12.0. The van der Waals surface area contributed by atoms with Crippen molar-refractivity contribution in [3.63, 3.8) is 0 Å². The summed E-state index contributed by atoms with van der Waals surface area (Å²) < 4.78 is 6.11. The van der Waals surface area contributed by atoms with Crippen molar-refractivity contribution in [2.75, 3.05) is 7.11 Å². The van der Waals surface area contributed by atoms with Crippen LogP contribution in [0.1, 0.15) is 28.8 Å². The van der Waals surface area contributed by atoms with Gasteiger partial charge in [0.2, 0.25) is 5.91 Å². The number of amides is 2. The van der Waals surface area contributed by atoms with E-state index in [1.807, 2.05) is 24.3 Å². The van der Waals surface area contributed by atoms with E-state index in [2.05, 4.69) is 26.8 Å². The number of carbonyl (C=O) groups excluding carboxylic acids is 2. The molecule has 2 N–H and O–H groups in total. The van der Waals surface area contributed by atoms with Gasteiger partial charge in [-0.2, -0.15) is 0 Å². The number of methoxy groups -OCH3 is 1. The van der Waals surface area contributed by atoms with E-state index in [1.54, 1.807) is 18.2 Å². The first-order valence-corrected chi connectivity index (χ1v) is 8.84. The minimum Gasteiger partial charge on any atom is -0.496 e. The van der Waals surface area contributed by atoms with Crippen LogP contribution in [0.25, 0.3) is 0 Å². The van der Waals surface area contributed by atoms with Gasteiger partial charge in [0.05, 0.1) is 18.1 Å². The number of nitrogens with one attached hydrogen (secondary N) is 2. The summed E-state index contributed by atoms with van der Waals surface area (Å²) in [5.74, 6) is -0.349. The Morgan fingerprint density at radius 2 is 1.80 bits per heavy atom. The van der Waals surface area contributed by atoms with Crippen LogP contribution in [-0.4, -0.2) is 18.9 Å². The quantitative estimate of drug-likeness (QED) is 0.738. The first-order valence-electron chi connectivity index (χ1n) is 7.67. The normalized spacial score (nSPS) is 14.5. The standard InChI is InChI=1S/C18H16BrClN2O3/c1-25-15-10-13(20)6-7-14(15)16(23)21-22-17(24)18(8-9-18)11-2-4-12(19)5-3-11/h2-7,10H,8-9H2,1H3,(H,21,23)(H,22,24). The SMILES string of the molecule is COc1cc(Cl)ccc1C(=O)NNC(=O)C1(c2ccc(Br)cc2)CC1. The lowest BCUT2D eigenvalue weighted by Gasteiger charge is -2.17. The predicted molar refractivity (Wildman–Crippen MR) is 98.7 cm³/mol. The highest BCUT2D eigenvalue weighted by Gasteiger charge is 2.51. The molecule has 2 amide bonds. The van der Waals surface area contributed by atoms with Crippen LogP contribution in [0.2, 0.25) is 5.02 Å². The second-order valence-corrected chi connectivity index (χ2v) is 7.19. The van der Waals surface area contributed by atoms with Gasteiger partial charge in [0, 0.05) is 9.50 Å². The summed E-state index contributed by atoms with van der Waals surface area (Å²) in [6.07, 6.45) is 1.50. The number of rotatable bonds is 4. The Morgan fingerprint density at radius 1 is 1.12 bits per heavy atom. The van der Waals surface area contributed by atoms with Crippen molar-refractivity contribution in [3.8, 4) is 5.75 Å². The van der Waals surface area contributed by atoms with Gasteiger partial charge < -0.3 is 4.74 Å². The molecule has 0 heterocycles. The molecule has 130 valence electrons. The summed E-state index contributed by atoms with van der Waals surface area (Å²) in [5, 5.41) is 0.463. The van der Waals surface area contributed by atoms with Crippen molar-refractivity contribution in [1.29, 1.82) is 0 Å². The van der Waals surface area contributed by atoms with Crippen molar-refractivity contribution in [2.45, 2.75) is 18.3 Å². The average Bonchev–Trinajstić information content (AvgIpc) is 3.41. The van der Waals surface area contributed by atoms with E-state index >= 15 is 0 Å². The topological polar surface area (TPSA) is 67.4 Å². The summed E-state index contributed by atoms with van der Waals surface area (Å²) in [4.78, 5) is 24.9. The maximum Gasteiger partial charge on any atom is 0.273 e. The molecule has 0 unspecified atom stereocenters. The Bertz CT molecular complexity index is 820. The zero-order valence-corrected chi connectivity index (χ0v) is 15.8. The van der Waals surface area contributed by atoms with Crippen molar-refractivity contribution in [3.05, 3.63) is 63.1 Å². The van der Waals surface area contributed by atoms with E-state index in [0.717, 1.165) is 22.9 Å². The molecule has 0 spiro atoms. The van der Waals surface area contributed by atoms with E-state index in [-0.39, 0.29) is 5.91 Å². The molecule has 1 aliphatic rings. The van der Waals surface area contributed by atoms with Gasteiger partial charge in [-0.05, 0) is 48.7 Å². The molecule has 1 saturated carbocycles. The molecular formula is C18H16BrClN2O3. The smallest absolute Gasteiger partial charge is 0.273 e. The maximum absolute atomic E-state index is 12.6. The van der Waals surface area contributed by atoms with E-state index in [1.165, 1.54) is 7.11 Å². The van der Waals surface area contributed by atoms with Gasteiger partial charge in [0.25, 0.3) is 5.91 Å². The Labute approximate surface area is 158 Å². The third kappa shape index (κ3) is 3.65. The molecule has 0 aliphatic heterocycles. The number of hydrogen-bond donors (Lipinski definition) is 2. The minimum absolute atomic E-state index is 0.226. The highest BCUT2D eigenvalue weighted by Crippen LogP contribution is 2.48. The zero-order valence-electron chi connectivity index (χ0n) is 13.4. The van der Waals surface area contributed by atoms with E-state index in [4.69, 9.17) is 16.3 Å². The third-order valence-corrected chi connectivity index (χ3v) is 5.04. The average molecular weight is 424 g/mol. The van der Waals surface area contributed by atoms with Crippen molar-refractivity contribution >= 4 is 39.3 Å². The Morgan fingerprint density at radius 3 is 2.40 bits per heavy atom. The van der Waals surface area contributed by atoms with Crippen LogP contribution in [0, 0.1) is 0 Å². The molecule has 2 aromatic carbocycles. The molecule has 0 bridgehead atoms. The lowest BCUT2D eigenvalue weighted by atomic mass is 9.95. The number of halogens is 2. The highest BCUT2D eigenvalue weighted by atomic mass is 79.9. The molecule has 0 radical (unpaired) electrons. The van der Waals surface area contributed by atoms with Crippen LogP contribution < -0.4 is 15.6 Å². The zero-order chi connectivity index (χ0) is 18.0. The van der Waals surface area contributed by atoms with Crippen molar-refractivity contribution < 1.29 is 14.3 Å². The largest absolute Gasteiger partial charge is 0.496 e. The summed E-state index contributed by atoms with van der Waals surface area (Å²) >= 11 is 9.28. The van der Waals surface area contributed by atoms with Gasteiger partial charge in [-0.15, -0.1) is 0 Å². The fraction of sp³-hybridized carbons (Fsp3) is 0.222. The summed E-state index contributed by atoms with van der Waals surface area (Å²) in [6, 6.07) is 12.3. The molecule has 1 fully saturated rings. The van der Waals surface area contributed by atoms with Gasteiger partial charge in [-0.3, -0.25) is 20.4 Å². The van der Waals surface area contributed by atoms with Crippen LogP contribution in [0.5, 0.6) is 5.75 Å². The number of hydrogen-bond acceptors (Lipinski definition) is 3. The van der Waals surface area contributed by atoms with E-state index in [0.29, 0.717) is 16.3 Å². The number of carbonyl (C=O) groups is 2. The van der Waals surface area contributed by atoms with E-state index in [9.17, 15) is 9.59 Å². The van der Waals surface area contributed by atoms with Gasteiger partial charge in [0.1, 0.15) is 5.75 Å². The molecule has 25 heavy (non-hydrogen) atoms. The predicted octanol–water partition coefficient (Wildman–Crippen LogP) is 3.60.